The number of amides is 1. The van der Waals surface area contributed by atoms with Gasteiger partial charge in [-0.1, -0.05) is 60.7 Å². The Bertz CT molecular complexity index is 1620. The molecule has 210 valence electrons. The van der Waals surface area contributed by atoms with Crippen LogP contribution < -0.4 is 10.5 Å². The molecule has 1 aliphatic carbocycles. The molecule has 40 heavy (non-hydrogen) atoms. The van der Waals surface area contributed by atoms with Crippen LogP contribution in [0.25, 0.3) is 22.2 Å². The van der Waals surface area contributed by atoms with Gasteiger partial charge in [0.05, 0.1) is 15.9 Å². The number of sulfonamides is 1. The molecule has 0 unspecified atom stereocenters. The third-order valence-corrected chi connectivity index (χ3v) is 9.99. The predicted molar refractivity (Wildman–Crippen MR) is 158 cm³/mol. The van der Waals surface area contributed by atoms with Gasteiger partial charge >= 0.3 is 0 Å². The fourth-order valence-electron chi connectivity index (χ4n) is 6.64. The van der Waals surface area contributed by atoms with E-state index in [2.05, 4.69) is 9.29 Å². The van der Waals surface area contributed by atoms with Crippen molar-refractivity contribution in [1.29, 1.82) is 0 Å². The first-order valence-electron chi connectivity index (χ1n) is 13.7. The minimum atomic E-state index is -3.80. The average Bonchev–Trinajstić information content (AvgIpc) is 3.25. The molecular weight excluding hydrogens is 522 g/mol. The van der Waals surface area contributed by atoms with E-state index in [4.69, 9.17) is 5.73 Å². The highest BCUT2D eigenvalue weighted by Crippen LogP contribution is 2.52. The van der Waals surface area contributed by atoms with Gasteiger partial charge in [0, 0.05) is 35.6 Å². The molecule has 0 bridgehead atoms. The number of fused-ring (bicyclic) bond motifs is 1. The maximum absolute atomic E-state index is 13.5. The second-order valence-electron chi connectivity index (χ2n) is 11.6. The monoisotopic (exact) mass is 559 g/mol. The van der Waals surface area contributed by atoms with Crippen LogP contribution in [0.5, 0.6) is 0 Å². The Morgan fingerprint density at radius 2 is 1.60 bits per heavy atom. The Hall–Kier alpha value is -3.46. The maximum Gasteiger partial charge on any atom is 0.240 e. The Kier molecular flexibility index (Phi) is 7.37. The summed E-state index contributed by atoms with van der Waals surface area (Å²) in [6.07, 6.45) is 1.62. The smallest absolute Gasteiger partial charge is 0.240 e. The lowest BCUT2D eigenvalue weighted by Crippen LogP contribution is -2.53. The Morgan fingerprint density at radius 1 is 1.00 bits per heavy atom. The number of aryl methyl sites for hydroxylation is 1. The van der Waals surface area contributed by atoms with Gasteiger partial charge in [-0.05, 0) is 74.9 Å². The summed E-state index contributed by atoms with van der Waals surface area (Å²) in [6.45, 7) is 3.40. The number of primary amides is 1. The van der Waals surface area contributed by atoms with Crippen LogP contribution in [0.4, 0.5) is 0 Å². The molecule has 8 heteroatoms. The molecule has 1 saturated carbocycles. The molecule has 3 aromatic carbocycles. The highest BCUT2D eigenvalue weighted by Gasteiger charge is 2.52. The topological polar surface area (TPSA) is 114 Å². The van der Waals surface area contributed by atoms with Crippen molar-refractivity contribution >= 4 is 26.8 Å². The van der Waals surface area contributed by atoms with Crippen molar-refractivity contribution in [3.05, 3.63) is 90.5 Å². The van der Waals surface area contributed by atoms with Gasteiger partial charge in [0.1, 0.15) is 0 Å². The first kappa shape index (κ1) is 28.1. The van der Waals surface area contributed by atoms with E-state index < -0.39 is 32.9 Å². The number of carbonyl (C=O) groups excluding carboxylic acids is 1. The van der Waals surface area contributed by atoms with E-state index in [0.29, 0.717) is 25.7 Å². The van der Waals surface area contributed by atoms with E-state index in [0.717, 1.165) is 27.7 Å². The van der Waals surface area contributed by atoms with Crippen molar-refractivity contribution in [2.24, 2.45) is 18.2 Å². The highest BCUT2D eigenvalue weighted by atomic mass is 32.2. The minimum absolute atomic E-state index is 0.204. The molecule has 0 spiro atoms. The number of hydrogen-bond acceptors (Lipinski definition) is 4. The highest BCUT2D eigenvalue weighted by molar-refractivity contribution is 7.89. The van der Waals surface area contributed by atoms with Crippen molar-refractivity contribution in [2.75, 3.05) is 0 Å². The van der Waals surface area contributed by atoms with Crippen molar-refractivity contribution < 1.29 is 18.3 Å². The van der Waals surface area contributed by atoms with Crippen molar-refractivity contribution in [3.63, 3.8) is 0 Å². The van der Waals surface area contributed by atoms with Crippen molar-refractivity contribution in [3.8, 4) is 11.3 Å². The maximum atomic E-state index is 13.5. The van der Waals surface area contributed by atoms with Crippen LogP contribution in [0, 0.1) is 5.41 Å². The average molecular weight is 560 g/mol. The second-order valence-corrected chi connectivity index (χ2v) is 13.3. The summed E-state index contributed by atoms with van der Waals surface area (Å²) in [6, 6.07) is 26.3. The van der Waals surface area contributed by atoms with Crippen LogP contribution in [0.15, 0.2) is 89.8 Å². The van der Waals surface area contributed by atoms with E-state index in [9.17, 15) is 18.3 Å². The first-order chi connectivity index (χ1) is 18.9. The van der Waals surface area contributed by atoms with Gasteiger partial charge in [0.15, 0.2) is 0 Å². The van der Waals surface area contributed by atoms with Gasteiger partial charge in [-0.15, -0.1) is 0 Å². The van der Waals surface area contributed by atoms with Gasteiger partial charge in [0.25, 0.3) is 0 Å². The van der Waals surface area contributed by atoms with E-state index in [-0.39, 0.29) is 10.9 Å². The molecule has 5 rings (SSSR count). The number of nitrogens with zero attached hydrogens (tertiary/aromatic N) is 1. The fraction of sp³-hybridized carbons (Fsp3) is 0.344. The van der Waals surface area contributed by atoms with E-state index in [1.165, 1.54) is 0 Å². The molecular formula is C32H37N3O4S. The van der Waals surface area contributed by atoms with Gasteiger partial charge in [-0.3, -0.25) is 4.79 Å². The van der Waals surface area contributed by atoms with Crippen LogP contribution in [-0.4, -0.2) is 35.6 Å². The SMILES string of the molecule is Cn1c(-c2ccccc2)cc2cc(S(=O)(=O)NC3CCC(C(N)=O)([C@H](c4ccccc4)C(C)(C)O)CC3)ccc21. The molecule has 0 aliphatic heterocycles. The van der Waals surface area contributed by atoms with Crippen molar-refractivity contribution in [2.45, 2.75) is 62.0 Å². The summed E-state index contributed by atoms with van der Waals surface area (Å²) in [5.41, 5.74) is 7.69. The zero-order valence-corrected chi connectivity index (χ0v) is 24.0. The quantitative estimate of drug-likeness (QED) is 0.279. The second kappa shape index (κ2) is 10.5. The molecule has 1 aliphatic rings. The lowest BCUT2D eigenvalue weighted by molar-refractivity contribution is -0.137. The van der Waals surface area contributed by atoms with Crippen LogP contribution in [0.3, 0.4) is 0 Å². The van der Waals surface area contributed by atoms with E-state index in [1.54, 1.807) is 26.0 Å². The molecule has 4 N–H and O–H groups in total. The predicted octanol–water partition coefficient (Wildman–Crippen LogP) is 5.09. The molecule has 1 fully saturated rings. The molecule has 0 saturated heterocycles. The molecule has 1 atom stereocenters. The summed E-state index contributed by atoms with van der Waals surface area (Å²) >= 11 is 0. The summed E-state index contributed by atoms with van der Waals surface area (Å²) in [7, 11) is -1.83. The fourth-order valence-corrected chi connectivity index (χ4v) is 7.98. The lowest BCUT2D eigenvalue weighted by atomic mass is 9.58. The normalized spacial score (nSPS) is 20.9. The Labute approximate surface area is 236 Å². The van der Waals surface area contributed by atoms with E-state index >= 15 is 0 Å². The third-order valence-electron chi connectivity index (χ3n) is 8.48. The molecule has 7 nitrogen and oxygen atoms in total. The molecule has 1 aromatic heterocycles. The summed E-state index contributed by atoms with van der Waals surface area (Å²) in [4.78, 5) is 13.2. The summed E-state index contributed by atoms with van der Waals surface area (Å²) in [5.74, 6) is -0.982. The molecule has 1 heterocycles. The summed E-state index contributed by atoms with van der Waals surface area (Å²) in [5, 5.41) is 12.0. The summed E-state index contributed by atoms with van der Waals surface area (Å²) < 4.78 is 31.9. The number of hydrogen-bond donors (Lipinski definition) is 3. The van der Waals surface area contributed by atoms with Crippen LogP contribution in [-0.2, 0) is 21.9 Å². The molecule has 4 aromatic rings. The number of nitrogens with one attached hydrogen (secondary N) is 1. The molecule has 0 radical (unpaired) electrons. The van der Waals surface area contributed by atoms with Crippen LogP contribution in [0.2, 0.25) is 0 Å². The number of aliphatic hydroxyl groups is 1. The van der Waals surface area contributed by atoms with Crippen LogP contribution >= 0.6 is 0 Å². The standard InChI is InChI=1S/C32H37N3O4S/c1-31(2,37)29(23-12-8-5-9-13-23)32(30(33)36)18-16-25(17-19-32)34-40(38,39)26-14-15-27-24(20-26)21-28(35(27)3)22-10-6-4-7-11-22/h4-15,20-21,25,29,34,37H,16-19H2,1-3H3,(H2,33,36)/t25?,29-,32?/m1/s1. The van der Waals surface area contributed by atoms with Gasteiger partial charge in [-0.25, -0.2) is 13.1 Å². The third kappa shape index (κ3) is 5.19. The minimum Gasteiger partial charge on any atom is -0.390 e. The number of benzene rings is 3. The number of aromatic nitrogens is 1. The zero-order valence-electron chi connectivity index (χ0n) is 23.2. The first-order valence-corrected chi connectivity index (χ1v) is 15.2. The molecule has 1 amide bonds. The lowest BCUT2D eigenvalue weighted by Gasteiger charge is -2.48. The van der Waals surface area contributed by atoms with Gasteiger partial charge < -0.3 is 15.4 Å². The Balaban J connectivity index is 1.37. The Morgan fingerprint density at radius 3 is 2.17 bits per heavy atom. The van der Waals surface area contributed by atoms with Crippen molar-refractivity contribution in [1.82, 2.24) is 9.29 Å². The number of nitrogens with two attached hydrogens (primary N) is 1. The van der Waals surface area contributed by atoms with Gasteiger partial charge in [-0.2, -0.15) is 0 Å². The largest absolute Gasteiger partial charge is 0.390 e. The van der Waals surface area contributed by atoms with E-state index in [1.807, 2.05) is 79.8 Å². The number of rotatable bonds is 8. The van der Waals surface area contributed by atoms with Crippen LogP contribution in [0.1, 0.15) is 51.0 Å². The van der Waals surface area contributed by atoms with Gasteiger partial charge in [0.2, 0.25) is 15.9 Å². The number of carbonyl (C=O) groups is 1. The zero-order chi connectivity index (χ0) is 28.7.